The average molecular weight is 252 g/mol. The standard InChI is InChI=1S/C15H28N2O/c1-5-9-11-13(10-6-2)17-14(18)15(7-3,8-4)12-16/h13H,5-11H2,1-4H3,(H,17,18). The highest BCUT2D eigenvalue weighted by atomic mass is 16.2. The van der Waals surface area contributed by atoms with Gasteiger partial charge in [-0.15, -0.1) is 0 Å². The maximum absolute atomic E-state index is 12.3. The molecule has 0 radical (unpaired) electrons. The maximum atomic E-state index is 12.3. The van der Waals surface area contributed by atoms with Crippen LogP contribution in [0, 0.1) is 16.7 Å². The molecule has 0 bridgehead atoms. The van der Waals surface area contributed by atoms with Gasteiger partial charge >= 0.3 is 0 Å². The van der Waals surface area contributed by atoms with Gasteiger partial charge in [-0.1, -0.05) is 47.0 Å². The molecule has 18 heavy (non-hydrogen) atoms. The van der Waals surface area contributed by atoms with Gasteiger partial charge < -0.3 is 5.32 Å². The molecule has 3 heteroatoms. The van der Waals surface area contributed by atoms with Crippen LogP contribution in [0.15, 0.2) is 0 Å². The largest absolute Gasteiger partial charge is 0.352 e. The van der Waals surface area contributed by atoms with E-state index in [0.29, 0.717) is 12.8 Å². The zero-order valence-electron chi connectivity index (χ0n) is 12.4. The normalized spacial score (nSPS) is 12.8. The van der Waals surface area contributed by atoms with Crippen LogP contribution in [0.25, 0.3) is 0 Å². The van der Waals surface area contributed by atoms with Crippen molar-refractivity contribution in [3.8, 4) is 6.07 Å². The third kappa shape index (κ3) is 4.68. The SMILES string of the molecule is CCCCC(CCC)NC(=O)C(C#N)(CC)CC. The molecule has 0 aliphatic carbocycles. The van der Waals surface area contributed by atoms with Crippen molar-refractivity contribution in [2.75, 3.05) is 0 Å². The van der Waals surface area contributed by atoms with Crippen molar-refractivity contribution >= 4 is 5.91 Å². The van der Waals surface area contributed by atoms with Gasteiger partial charge in [0.05, 0.1) is 6.07 Å². The van der Waals surface area contributed by atoms with Crippen LogP contribution >= 0.6 is 0 Å². The first kappa shape index (κ1) is 17.0. The van der Waals surface area contributed by atoms with Gasteiger partial charge in [-0.05, 0) is 25.7 Å². The van der Waals surface area contributed by atoms with Crippen molar-refractivity contribution in [1.82, 2.24) is 5.32 Å². The Morgan fingerprint density at radius 3 is 2.17 bits per heavy atom. The van der Waals surface area contributed by atoms with Crippen LogP contribution in [0.2, 0.25) is 0 Å². The van der Waals surface area contributed by atoms with Gasteiger partial charge in [-0.3, -0.25) is 4.79 Å². The lowest BCUT2D eigenvalue weighted by atomic mass is 9.82. The lowest BCUT2D eigenvalue weighted by Gasteiger charge is -2.26. The number of nitriles is 1. The van der Waals surface area contributed by atoms with E-state index in [9.17, 15) is 10.1 Å². The molecule has 1 N–H and O–H groups in total. The summed E-state index contributed by atoms with van der Waals surface area (Å²) in [6.45, 7) is 8.10. The molecule has 0 fully saturated rings. The molecule has 0 aromatic heterocycles. The highest BCUT2D eigenvalue weighted by Gasteiger charge is 2.35. The summed E-state index contributed by atoms with van der Waals surface area (Å²) in [5, 5.41) is 12.3. The quantitative estimate of drug-likeness (QED) is 0.678. The second-order valence-corrected chi connectivity index (χ2v) is 5.00. The summed E-state index contributed by atoms with van der Waals surface area (Å²) in [6.07, 6.45) is 6.51. The van der Waals surface area contributed by atoms with Gasteiger partial charge in [0.15, 0.2) is 0 Å². The Morgan fingerprint density at radius 1 is 1.17 bits per heavy atom. The Labute approximate surface area is 112 Å². The maximum Gasteiger partial charge on any atom is 0.240 e. The Hall–Kier alpha value is -1.04. The second kappa shape index (κ2) is 8.97. The number of nitrogens with zero attached hydrogens (tertiary/aromatic N) is 1. The third-order valence-electron chi connectivity index (χ3n) is 3.73. The van der Waals surface area contributed by atoms with Gasteiger partial charge in [-0.2, -0.15) is 5.26 Å². The highest BCUT2D eigenvalue weighted by Crippen LogP contribution is 2.26. The molecule has 0 spiro atoms. The van der Waals surface area contributed by atoms with Gasteiger partial charge in [0.1, 0.15) is 5.41 Å². The van der Waals surface area contributed by atoms with Gasteiger partial charge in [0.25, 0.3) is 0 Å². The molecule has 0 saturated carbocycles. The van der Waals surface area contributed by atoms with Crippen LogP contribution in [0.3, 0.4) is 0 Å². The molecule has 1 unspecified atom stereocenters. The first-order valence-electron chi connectivity index (χ1n) is 7.32. The van der Waals surface area contributed by atoms with Gasteiger partial charge in [0.2, 0.25) is 5.91 Å². The first-order chi connectivity index (χ1) is 8.60. The predicted octanol–water partition coefficient (Wildman–Crippen LogP) is 3.79. The van der Waals surface area contributed by atoms with E-state index >= 15 is 0 Å². The van der Waals surface area contributed by atoms with E-state index in [1.807, 2.05) is 13.8 Å². The lowest BCUT2D eigenvalue weighted by molar-refractivity contribution is -0.129. The van der Waals surface area contributed by atoms with E-state index in [2.05, 4.69) is 25.2 Å². The zero-order chi connectivity index (χ0) is 14.0. The van der Waals surface area contributed by atoms with E-state index in [0.717, 1.165) is 32.1 Å². The molecular formula is C15H28N2O. The lowest BCUT2D eigenvalue weighted by Crippen LogP contribution is -2.44. The zero-order valence-corrected chi connectivity index (χ0v) is 12.4. The summed E-state index contributed by atoms with van der Waals surface area (Å²) >= 11 is 0. The smallest absolute Gasteiger partial charge is 0.240 e. The number of hydrogen-bond acceptors (Lipinski definition) is 2. The van der Waals surface area contributed by atoms with Crippen LogP contribution in [0.5, 0.6) is 0 Å². The molecule has 1 amide bonds. The van der Waals surface area contributed by atoms with Gasteiger partial charge in [0, 0.05) is 6.04 Å². The number of rotatable bonds is 9. The Bertz CT molecular complexity index is 277. The summed E-state index contributed by atoms with van der Waals surface area (Å²) in [6, 6.07) is 2.44. The van der Waals surface area contributed by atoms with Crippen molar-refractivity contribution in [2.45, 2.75) is 78.7 Å². The van der Waals surface area contributed by atoms with E-state index in [-0.39, 0.29) is 11.9 Å². The predicted molar refractivity (Wildman–Crippen MR) is 75.0 cm³/mol. The van der Waals surface area contributed by atoms with E-state index in [4.69, 9.17) is 0 Å². The topological polar surface area (TPSA) is 52.9 Å². The van der Waals surface area contributed by atoms with Crippen LogP contribution in [-0.2, 0) is 4.79 Å². The first-order valence-corrected chi connectivity index (χ1v) is 7.32. The Morgan fingerprint density at radius 2 is 1.78 bits per heavy atom. The second-order valence-electron chi connectivity index (χ2n) is 5.00. The van der Waals surface area contributed by atoms with Crippen LogP contribution in [0.4, 0.5) is 0 Å². The molecule has 0 aliphatic heterocycles. The average Bonchev–Trinajstić information content (AvgIpc) is 2.39. The third-order valence-corrected chi connectivity index (χ3v) is 3.73. The minimum Gasteiger partial charge on any atom is -0.352 e. The fraction of sp³-hybridized carbons (Fsp3) is 0.867. The fourth-order valence-corrected chi connectivity index (χ4v) is 2.19. The van der Waals surface area contributed by atoms with Crippen molar-refractivity contribution in [1.29, 1.82) is 5.26 Å². The number of carbonyl (C=O) groups is 1. The molecule has 3 nitrogen and oxygen atoms in total. The molecule has 1 atom stereocenters. The van der Waals surface area contributed by atoms with Crippen LogP contribution < -0.4 is 5.32 Å². The number of unbranched alkanes of at least 4 members (excludes halogenated alkanes) is 1. The molecule has 0 aromatic carbocycles. The Kier molecular flexibility index (Phi) is 8.45. The summed E-state index contributed by atoms with van der Waals surface area (Å²) in [7, 11) is 0. The molecule has 104 valence electrons. The minimum absolute atomic E-state index is 0.0791. The van der Waals surface area contributed by atoms with Gasteiger partial charge in [-0.25, -0.2) is 0 Å². The molecule has 0 aromatic rings. The highest BCUT2D eigenvalue weighted by molar-refractivity contribution is 5.85. The molecule has 0 heterocycles. The van der Waals surface area contributed by atoms with E-state index < -0.39 is 5.41 Å². The number of carbonyl (C=O) groups excluding carboxylic acids is 1. The monoisotopic (exact) mass is 252 g/mol. The summed E-state index contributed by atoms with van der Waals surface area (Å²) in [5.41, 5.74) is -0.835. The Balaban J connectivity index is 4.61. The number of amides is 1. The fourth-order valence-electron chi connectivity index (χ4n) is 2.19. The van der Waals surface area contributed by atoms with Crippen molar-refractivity contribution in [2.24, 2.45) is 5.41 Å². The van der Waals surface area contributed by atoms with E-state index in [1.165, 1.54) is 0 Å². The van der Waals surface area contributed by atoms with Crippen LogP contribution in [0.1, 0.15) is 72.6 Å². The molecule has 0 saturated heterocycles. The molecule has 0 rings (SSSR count). The number of hydrogen-bond donors (Lipinski definition) is 1. The van der Waals surface area contributed by atoms with Crippen LogP contribution in [-0.4, -0.2) is 11.9 Å². The summed E-state index contributed by atoms with van der Waals surface area (Å²) in [4.78, 5) is 12.3. The summed E-state index contributed by atoms with van der Waals surface area (Å²) in [5.74, 6) is -0.0791. The van der Waals surface area contributed by atoms with E-state index in [1.54, 1.807) is 0 Å². The molecular weight excluding hydrogens is 224 g/mol. The summed E-state index contributed by atoms with van der Waals surface area (Å²) < 4.78 is 0. The minimum atomic E-state index is -0.835. The number of nitrogens with one attached hydrogen (secondary N) is 1. The molecule has 0 aliphatic rings. The van der Waals surface area contributed by atoms with Crippen molar-refractivity contribution in [3.63, 3.8) is 0 Å². The van der Waals surface area contributed by atoms with Crippen molar-refractivity contribution < 1.29 is 4.79 Å². The van der Waals surface area contributed by atoms with Crippen molar-refractivity contribution in [3.05, 3.63) is 0 Å².